The zero-order chi connectivity index (χ0) is 17.1. The summed E-state index contributed by atoms with van der Waals surface area (Å²) in [5, 5.41) is 6.40. The summed E-state index contributed by atoms with van der Waals surface area (Å²) in [4.78, 5) is 15.1. The normalized spacial score (nSPS) is 26.1. The lowest BCUT2D eigenvalue weighted by atomic mass is 9.86. The Hall–Kier alpha value is -1.93. The van der Waals surface area contributed by atoms with Crippen LogP contribution in [0.5, 0.6) is 5.88 Å². The molecular weight excluding hydrogens is 338 g/mol. The standard InChI is InChI=1S/C17H23N5O2S/c1-23-15-7-14(20-12-21-15)22-5-2-3-17(11-22)8-13(10-24-17)9-19-16-18-4-6-25-16/h4,6-7,12-13H,2-3,5,8-11H2,1H3,(H,18,19). The van der Waals surface area contributed by atoms with Crippen LogP contribution < -0.4 is 15.0 Å². The van der Waals surface area contributed by atoms with Crippen molar-refractivity contribution in [2.45, 2.75) is 24.9 Å². The topological polar surface area (TPSA) is 72.4 Å². The van der Waals surface area contributed by atoms with E-state index in [1.54, 1.807) is 24.8 Å². The van der Waals surface area contributed by atoms with Crippen molar-refractivity contribution in [3.05, 3.63) is 24.0 Å². The minimum atomic E-state index is -0.0638. The largest absolute Gasteiger partial charge is 0.481 e. The lowest BCUT2D eigenvalue weighted by Crippen LogP contribution is -2.48. The van der Waals surface area contributed by atoms with Gasteiger partial charge >= 0.3 is 0 Å². The summed E-state index contributed by atoms with van der Waals surface area (Å²) in [7, 11) is 1.63. The fourth-order valence-corrected chi connectivity index (χ4v) is 4.34. The Labute approximate surface area is 151 Å². The van der Waals surface area contributed by atoms with Gasteiger partial charge in [0.15, 0.2) is 5.13 Å². The first-order chi connectivity index (χ1) is 12.3. The van der Waals surface area contributed by atoms with Crippen molar-refractivity contribution in [1.29, 1.82) is 0 Å². The summed E-state index contributed by atoms with van der Waals surface area (Å²) in [6.45, 7) is 3.59. The number of hydrogen-bond acceptors (Lipinski definition) is 8. The maximum Gasteiger partial charge on any atom is 0.218 e. The average molecular weight is 361 g/mol. The zero-order valence-corrected chi connectivity index (χ0v) is 15.2. The van der Waals surface area contributed by atoms with Crippen LogP contribution in [0.2, 0.25) is 0 Å². The monoisotopic (exact) mass is 361 g/mol. The second-order valence-corrected chi connectivity index (χ2v) is 7.62. The molecule has 4 heterocycles. The smallest absolute Gasteiger partial charge is 0.218 e. The summed E-state index contributed by atoms with van der Waals surface area (Å²) in [5.41, 5.74) is -0.0638. The molecule has 2 aliphatic rings. The predicted octanol–water partition coefficient (Wildman–Crippen LogP) is 2.43. The Kier molecular flexibility index (Phi) is 4.72. The van der Waals surface area contributed by atoms with Gasteiger partial charge in [-0.05, 0) is 19.3 Å². The minimum absolute atomic E-state index is 0.0638. The van der Waals surface area contributed by atoms with Gasteiger partial charge in [0.05, 0.1) is 19.3 Å². The summed E-state index contributed by atoms with van der Waals surface area (Å²) in [6, 6.07) is 1.90. The van der Waals surface area contributed by atoms with Gasteiger partial charge in [-0.3, -0.25) is 0 Å². The first-order valence-electron chi connectivity index (χ1n) is 8.65. The molecule has 0 radical (unpaired) electrons. The van der Waals surface area contributed by atoms with Crippen LogP contribution in [0.4, 0.5) is 10.9 Å². The molecule has 2 aromatic rings. The van der Waals surface area contributed by atoms with E-state index < -0.39 is 0 Å². The lowest BCUT2D eigenvalue weighted by Gasteiger charge is -2.40. The average Bonchev–Trinajstić information content (AvgIpc) is 3.30. The number of hydrogen-bond donors (Lipinski definition) is 1. The van der Waals surface area contributed by atoms with Crippen LogP contribution in [0.3, 0.4) is 0 Å². The van der Waals surface area contributed by atoms with Crippen molar-refractivity contribution in [1.82, 2.24) is 15.0 Å². The highest BCUT2D eigenvalue weighted by Gasteiger charge is 2.43. The van der Waals surface area contributed by atoms with E-state index in [0.29, 0.717) is 11.8 Å². The molecule has 2 aliphatic heterocycles. The molecule has 2 aromatic heterocycles. The number of ether oxygens (including phenoxy) is 2. The Morgan fingerprint density at radius 3 is 3.24 bits per heavy atom. The third-order valence-corrected chi connectivity index (χ3v) is 5.69. The summed E-state index contributed by atoms with van der Waals surface area (Å²) >= 11 is 1.64. The zero-order valence-electron chi connectivity index (χ0n) is 14.4. The number of methoxy groups -OCH3 is 1. The Balaban J connectivity index is 1.38. The van der Waals surface area contributed by atoms with E-state index in [9.17, 15) is 0 Å². The van der Waals surface area contributed by atoms with E-state index in [-0.39, 0.29) is 5.60 Å². The molecular formula is C17H23N5O2S. The molecule has 25 heavy (non-hydrogen) atoms. The van der Waals surface area contributed by atoms with Crippen molar-refractivity contribution in [3.63, 3.8) is 0 Å². The number of piperidine rings is 1. The summed E-state index contributed by atoms with van der Waals surface area (Å²) in [6.07, 6.45) is 6.68. The van der Waals surface area contributed by atoms with Gasteiger partial charge in [-0.2, -0.15) is 0 Å². The predicted molar refractivity (Wildman–Crippen MR) is 97.4 cm³/mol. The molecule has 2 saturated heterocycles. The fourth-order valence-electron chi connectivity index (χ4n) is 3.80. The first kappa shape index (κ1) is 16.5. The van der Waals surface area contributed by atoms with Gasteiger partial charge in [0.1, 0.15) is 12.1 Å². The van der Waals surface area contributed by atoms with Crippen molar-refractivity contribution in [2.24, 2.45) is 5.92 Å². The molecule has 0 bridgehead atoms. The van der Waals surface area contributed by atoms with Crippen molar-refractivity contribution in [2.75, 3.05) is 43.6 Å². The third kappa shape index (κ3) is 3.69. The SMILES string of the molecule is COc1cc(N2CCCC3(CC(CNc4nccs4)CO3)C2)ncn1. The molecule has 1 spiro atoms. The first-order valence-corrected chi connectivity index (χ1v) is 9.53. The number of thiazole rings is 1. The second-order valence-electron chi connectivity index (χ2n) is 6.73. The number of aromatic nitrogens is 3. The van der Waals surface area contributed by atoms with Crippen molar-refractivity contribution >= 4 is 22.3 Å². The van der Waals surface area contributed by atoms with Crippen LogP contribution >= 0.6 is 11.3 Å². The van der Waals surface area contributed by atoms with E-state index in [1.165, 1.54) is 0 Å². The number of anilines is 2. The van der Waals surface area contributed by atoms with Gasteiger partial charge in [0, 0.05) is 43.2 Å². The van der Waals surface area contributed by atoms with Gasteiger partial charge in [-0.1, -0.05) is 0 Å². The summed E-state index contributed by atoms with van der Waals surface area (Å²) < 4.78 is 11.5. The highest BCUT2D eigenvalue weighted by Crippen LogP contribution is 2.38. The molecule has 1 N–H and O–H groups in total. The molecule has 0 aromatic carbocycles. The number of nitrogens with zero attached hydrogens (tertiary/aromatic N) is 4. The Bertz CT molecular complexity index is 698. The maximum absolute atomic E-state index is 6.30. The van der Waals surface area contributed by atoms with Crippen LogP contribution in [-0.4, -0.2) is 53.9 Å². The molecule has 2 unspecified atom stereocenters. The maximum atomic E-state index is 6.30. The third-order valence-electron chi connectivity index (χ3n) is 4.96. The molecule has 4 rings (SSSR count). The van der Waals surface area contributed by atoms with Crippen molar-refractivity contribution < 1.29 is 9.47 Å². The van der Waals surface area contributed by atoms with Crippen LogP contribution in [0.25, 0.3) is 0 Å². The molecule has 0 saturated carbocycles. The molecule has 2 atom stereocenters. The number of nitrogens with one attached hydrogen (secondary N) is 1. The molecule has 8 heteroatoms. The fraction of sp³-hybridized carbons (Fsp3) is 0.588. The molecule has 134 valence electrons. The highest BCUT2D eigenvalue weighted by molar-refractivity contribution is 7.13. The van der Waals surface area contributed by atoms with E-state index in [0.717, 1.165) is 56.5 Å². The quantitative estimate of drug-likeness (QED) is 0.877. The van der Waals surface area contributed by atoms with Crippen molar-refractivity contribution in [3.8, 4) is 5.88 Å². The second kappa shape index (κ2) is 7.13. The van der Waals surface area contributed by atoms with Gasteiger partial charge in [-0.15, -0.1) is 11.3 Å². The van der Waals surface area contributed by atoms with E-state index in [2.05, 4.69) is 25.2 Å². The number of rotatable bonds is 5. The Morgan fingerprint density at radius 2 is 2.40 bits per heavy atom. The molecule has 0 aliphatic carbocycles. The van der Waals surface area contributed by atoms with Gasteiger partial charge in [0.2, 0.25) is 5.88 Å². The highest BCUT2D eigenvalue weighted by atomic mass is 32.1. The van der Waals surface area contributed by atoms with Crippen LogP contribution in [0.15, 0.2) is 24.0 Å². The van der Waals surface area contributed by atoms with Crippen LogP contribution in [-0.2, 0) is 4.74 Å². The molecule has 7 nitrogen and oxygen atoms in total. The van der Waals surface area contributed by atoms with E-state index in [4.69, 9.17) is 9.47 Å². The molecule has 0 amide bonds. The van der Waals surface area contributed by atoms with Gasteiger partial charge < -0.3 is 19.7 Å². The molecule has 2 fully saturated rings. The lowest BCUT2D eigenvalue weighted by molar-refractivity contribution is -0.00705. The van der Waals surface area contributed by atoms with Crippen LogP contribution in [0.1, 0.15) is 19.3 Å². The van der Waals surface area contributed by atoms with Crippen LogP contribution in [0, 0.1) is 5.92 Å². The summed E-state index contributed by atoms with van der Waals surface area (Å²) in [5.74, 6) is 2.03. The minimum Gasteiger partial charge on any atom is -0.481 e. The van der Waals surface area contributed by atoms with E-state index >= 15 is 0 Å². The van der Waals surface area contributed by atoms with Gasteiger partial charge in [0.25, 0.3) is 0 Å². The van der Waals surface area contributed by atoms with E-state index in [1.807, 2.05) is 17.6 Å². The Morgan fingerprint density at radius 1 is 1.44 bits per heavy atom. The van der Waals surface area contributed by atoms with Gasteiger partial charge in [-0.25, -0.2) is 15.0 Å².